The average molecular weight is 355 g/mol. The number of hydrogen-bond acceptors (Lipinski definition) is 3. The summed E-state index contributed by atoms with van der Waals surface area (Å²) in [6.07, 6.45) is 1.79. The summed E-state index contributed by atoms with van der Waals surface area (Å²) in [4.78, 5) is 0. The van der Waals surface area contributed by atoms with Gasteiger partial charge in [-0.2, -0.15) is 0 Å². The van der Waals surface area contributed by atoms with Crippen LogP contribution in [-0.2, 0) is 11.8 Å². The highest BCUT2D eigenvalue weighted by molar-refractivity contribution is 5.59. The second-order valence-corrected chi connectivity index (χ2v) is 8.79. The molecule has 0 atom stereocenters. The maximum atomic E-state index is 10.6. The largest absolute Gasteiger partial charge is 0.505 e. The van der Waals surface area contributed by atoms with Crippen LogP contribution in [0, 0.1) is 5.41 Å². The Labute approximate surface area is 157 Å². The van der Waals surface area contributed by atoms with E-state index in [2.05, 4.69) is 50.9 Å². The van der Waals surface area contributed by atoms with Crippen LogP contribution in [0.3, 0.4) is 0 Å². The fourth-order valence-electron chi connectivity index (χ4n) is 3.57. The number of anilines is 1. The molecule has 0 aliphatic carbocycles. The van der Waals surface area contributed by atoms with Gasteiger partial charge in [-0.05, 0) is 46.9 Å². The summed E-state index contributed by atoms with van der Waals surface area (Å²) in [7, 11) is 0. The maximum Gasteiger partial charge on any atom is 0.252 e. The number of hydrogen-bond donors (Lipinski definition) is 3. The Morgan fingerprint density at radius 1 is 1.08 bits per heavy atom. The zero-order valence-electron chi connectivity index (χ0n) is 16.9. The molecule has 0 heterocycles. The Morgan fingerprint density at radius 2 is 1.73 bits per heavy atom. The van der Waals surface area contributed by atoms with Crippen LogP contribution < -0.4 is 10.8 Å². The van der Waals surface area contributed by atoms with Crippen molar-refractivity contribution in [3.63, 3.8) is 0 Å². The van der Waals surface area contributed by atoms with Crippen LogP contribution in [0.4, 0.5) is 17.1 Å². The number of phenols is 1. The van der Waals surface area contributed by atoms with Crippen LogP contribution in [0.1, 0.15) is 59.1 Å². The monoisotopic (exact) mass is 354 g/mol. The highest BCUT2D eigenvalue weighted by Gasteiger charge is 2.29. The van der Waals surface area contributed by atoms with Crippen molar-refractivity contribution in [2.24, 2.45) is 10.5 Å². The smallest absolute Gasteiger partial charge is 0.252 e. The van der Waals surface area contributed by atoms with Gasteiger partial charge in [-0.15, -0.1) is 0 Å². The van der Waals surface area contributed by atoms with Crippen molar-refractivity contribution < 1.29 is 10.2 Å². The quantitative estimate of drug-likeness (QED) is 0.536. The molecule has 26 heavy (non-hydrogen) atoms. The lowest BCUT2D eigenvalue weighted by Crippen LogP contribution is -2.57. The van der Waals surface area contributed by atoms with E-state index in [9.17, 15) is 5.11 Å². The van der Waals surface area contributed by atoms with Crippen LogP contribution in [0.25, 0.3) is 0 Å². The molecule has 0 fully saturated rings. The molecule has 0 saturated carbocycles. The second kappa shape index (κ2) is 7.48. The Kier molecular flexibility index (Phi) is 5.74. The molecule has 4 nitrogen and oxygen atoms in total. The van der Waals surface area contributed by atoms with Gasteiger partial charge in [-0.1, -0.05) is 64.9 Å². The first kappa shape index (κ1) is 20.0. The van der Waals surface area contributed by atoms with Crippen LogP contribution >= 0.6 is 0 Å². The summed E-state index contributed by atoms with van der Waals surface area (Å²) in [5, 5.41) is 18.0. The number of azo groups is 1. The van der Waals surface area contributed by atoms with Gasteiger partial charge in [0, 0.05) is 11.2 Å². The number of nitrogens with one attached hydrogen (secondary N) is 1. The van der Waals surface area contributed by atoms with Crippen LogP contribution in [-0.4, -0.2) is 5.11 Å². The molecular formula is C22H32N3O+. The van der Waals surface area contributed by atoms with Crippen molar-refractivity contribution in [1.82, 2.24) is 0 Å². The van der Waals surface area contributed by atoms with Crippen molar-refractivity contribution in [2.45, 2.75) is 59.8 Å². The normalized spacial score (nSPS) is 12.7. The average Bonchev–Trinajstić information content (AvgIpc) is 2.52. The molecule has 0 amide bonds. The van der Waals surface area contributed by atoms with Gasteiger partial charge < -0.3 is 10.8 Å². The fraction of sp³-hybridized carbons (Fsp3) is 0.455. The number of nitrogens with zero attached hydrogens (tertiary/aromatic N) is 1. The first-order valence-electron chi connectivity index (χ1n) is 9.21. The van der Waals surface area contributed by atoms with Crippen molar-refractivity contribution in [1.29, 1.82) is 0 Å². The highest BCUT2D eigenvalue weighted by atomic mass is 16.3. The molecule has 0 bridgehead atoms. The van der Waals surface area contributed by atoms with E-state index in [0.29, 0.717) is 11.4 Å². The summed E-state index contributed by atoms with van der Waals surface area (Å²) < 4.78 is 0. The Balaban J connectivity index is 2.48. The van der Waals surface area contributed by atoms with Gasteiger partial charge in [0.05, 0.1) is 0 Å². The number of rotatable bonds is 5. The van der Waals surface area contributed by atoms with Crippen molar-refractivity contribution in [2.75, 3.05) is 5.73 Å². The van der Waals surface area contributed by atoms with Gasteiger partial charge in [0.2, 0.25) is 0 Å². The predicted octanol–water partition coefficient (Wildman–Crippen LogP) is 4.75. The third-order valence-electron chi connectivity index (χ3n) is 4.56. The standard InChI is InChI=1S/C22H31N3O/c1-7-15-12-16(22(5,6)14-21(2,3)4)13-19(20(15)26)25-24-18-11-9-8-10-17(18)23/h8-13,26H,7,14,23H2,1-6H3/p+1. The fourth-order valence-corrected chi connectivity index (χ4v) is 3.57. The first-order chi connectivity index (χ1) is 12.0. The molecule has 0 spiro atoms. The topological polar surface area (TPSA) is 72.6 Å². The minimum Gasteiger partial charge on any atom is -0.505 e. The zero-order chi connectivity index (χ0) is 19.5. The molecular weight excluding hydrogens is 322 g/mol. The summed E-state index contributed by atoms with van der Waals surface area (Å²) in [6.45, 7) is 13.3. The lowest BCUT2D eigenvalue weighted by atomic mass is 9.72. The maximum absolute atomic E-state index is 10.6. The number of para-hydroxylation sites is 2. The molecule has 4 heteroatoms. The molecule has 2 aromatic carbocycles. The first-order valence-corrected chi connectivity index (χ1v) is 9.21. The zero-order valence-corrected chi connectivity index (χ0v) is 16.9. The van der Waals surface area contributed by atoms with Crippen molar-refractivity contribution in [3.8, 4) is 5.75 Å². The van der Waals surface area contributed by atoms with Gasteiger partial charge in [0.15, 0.2) is 11.4 Å². The number of aryl methyl sites for hydroxylation is 1. The van der Waals surface area contributed by atoms with Gasteiger partial charge in [0.1, 0.15) is 5.69 Å². The summed E-state index contributed by atoms with van der Waals surface area (Å²) in [6, 6.07) is 11.5. The lowest BCUT2D eigenvalue weighted by molar-refractivity contribution is -0.432. The predicted molar refractivity (Wildman–Crippen MR) is 108 cm³/mol. The Morgan fingerprint density at radius 3 is 2.31 bits per heavy atom. The van der Waals surface area contributed by atoms with E-state index < -0.39 is 0 Å². The van der Waals surface area contributed by atoms with E-state index in [1.807, 2.05) is 37.3 Å². The molecule has 140 valence electrons. The minimum absolute atomic E-state index is 0.0219. The van der Waals surface area contributed by atoms with Crippen LogP contribution in [0.2, 0.25) is 0 Å². The van der Waals surface area contributed by atoms with Gasteiger partial charge >= 0.3 is 0 Å². The Hall–Kier alpha value is -2.36. The van der Waals surface area contributed by atoms with E-state index in [-0.39, 0.29) is 16.6 Å². The molecule has 0 saturated heterocycles. The molecule has 2 aromatic rings. The molecule has 0 unspecified atom stereocenters. The number of benzene rings is 2. The van der Waals surface area contributed by atoms with E-state index in [1.54, 1.807) is 0 Å². The molecule has 2 rings (SSSR count). The SMILES string of the molecule is CCc1cc(C(C)(C)CC(C)(C)C)cc(N=[NH+]c2ccccc2N)c1O. The summed E-state index contributed by atoms with van der Waals surface area (Å²) in [5.41, 5.74) is 10.1. The van der Waals surface area contributed by atoms with Crippen molar-refractivity contribution >= 4 is 17.1 Å². The van der Waals surface area contributed by atoms with Crippen molar-refractivity contribution in [3.05, 3.63) is 47.5 Å². The van der Waals surface area contributed by atoms with E-state index in [1.165, 1.54) is 5.56 Å². The van der Waals surface area contributed by atoms with E-state index in [0.717, 1.165) is 24.1 Å². The number of nitrogens with two attached hydrogens (primary N) is 1. The van der Waals surface area contributed by atoms with Crippen LogP contribution in [0.15, 0.2) is 41.5 Å². The Bertz CT molecular complexity index is 802. The summed E-state index contributed by atoms with van der Waals surface area (Å²) >= 11 is 0. The number of aromatic hydroxyl groups is 1. The minimum atomic E-state index is -0.0219. The number of nitrogen functional groups attached to an aromatic ring is 1. The third-order valence-corrected chi connectivity index (χ3v) is 4.56. The van der Waals surface area contributed by atoms with E-state index >= 15 is 0 Å². The molecule has 4 N–H and O–H groups in total. The molecule has 0 radical (unpaired) electrons. The van der Waals surface area contributed by atoms with Gasteiger partial charge in [0.25, 0.3) is 5.69 Å². The lowest BCUT2D eigenvalue weighted by Gasteiger charge is -2.33. The van der Waals surface area contributed by atoms with Gasteiger partial charge in [-0.3, -0.25) is 0 Å². The summed E-state index contributed by atoms with van der Waals surface area (Å²) in [5.74, 6) is 0.227. The second-order valence-electron chi connectivity index (χ2n) is 8.79. The molecule has 0 aromatic heterocycles. The number of phenolic OH excluding ortho intramolecular Hbond substituents is 1. The third kappa shape index (κ3) is 4.84. The van der Waals surface area contributed by atoms with Crippen LogP contribution in [0.5, 0.6) is 5.75 Å². The highest BCUT2D eigenvalue weighted by Crippen LogP contribution is 2.41. The van der Waals surface area contributed by atoms with Gasteiger partial charge in [-0.25, -0.2) is 0 Å². The van der Waals surface area contributed by atoms with E-state index in [4.69, 9.17) is 5.73 Å². The molecule has 0 aliphatic rings. The molecule has 0 aliphatic heterocycles.